The Balaban J connectivity index is 2.10. The van der Waals surface area contributed by atoms with Crippen molar-refractivity contribution in [2.45, 2.75) is 25.3 Å². The van der Waals surface area contributed by atoms with E-state index in [2.05, 4.69) is 34.0 Å². The summed E-state index contributed by atoms with van der Waals surface area (Å²) in [5.41, 5.74) is 1.22. The lowest BCUT2D eigenvalue weighted by atomic mass is 9.93. The molecular weight excluding hydrogens is 296 g/mol. The van der Waals surface area contributed by atoms with Gasteiger partial charge in [-0.05, 0) is 60.1 Å². The second-order valence-electron chi connectivity index (χ2n) is 3.40. The van der Waals surface area contributed by atoms with Crippen molar-refractivity contribution in [1.29, 1.82) is 0 Å². The summed E-state index contributed by atoms with van der Waals surface area (Å²) in [7, 11) is 0. The third-order valence-corrected chi connectivity index (χ3v) is 3.52. The lowest BCUT2D eigenvalue weighted by Crippen LogP contribution is -2.27. The lowest BCUT2D eigenvalue weighted by molar-refractivity contribution is 0.445. The van der Waals surface area contributed by atoms with Crippen molar-refractivity contribution in [2.75, 3.05) is 5.32 Å². The fraction of sp³-hybridized carbons (Fsp3) is 0.400. The quantitative estimate of drug-likeness (QED) is 0.817. The van der Waals surface area contributed by atoms with Gasteiger partial charge in [-0.25, -0.2) is 0 Å². The standard InChI is InChI=1S/C10H11ClIN/c11-7-4-5-10(9(12)6-7)13-8-2-1-3-8/h4-6,8,13H,1-3H2. The molecule has 3 heteroatoms. The Bertz CT molecular complexity index is 310. The van der Waals surface area contributed by atoms with E-state index in [1.165, 1.54) is 28.5 Å². The van der Waals surface area contributed by atoms with E-state index in [1.807, 2.05) is 12.1 Å². The summed E-state index contributed by atoms with van der Waals surface area (Å²) < 4.78 is 1.21. The van der Waals surface area contributed by atoms with E-state index in [0.29, 0.717) is 6.04 Å². The van der Waals surface area contributed by atoms with E-state index in [9.17, 15) is 0 Å². The zero-order valence-electron chi connectivity index (χ0n) is 7.19. The molecule has 1 aliphatic rings. The van der Waals surface area contributed by atoms with Crippen LogP contribution in [0.2, 0.25) is 5.02 Å². The molecule has 0 radical (unpaired) electrons. The van der Waals surface area contributed by atoms with Crippen LogP contribution in [0.5, 0.6) is 0 Å². The molecule has 0 amide bonds. The number of hydrogen-bond donors (Lipinski definition) is 1. The van der Waals surface area contributed by atoms with Crippen LogP contribution < -0.4 is 5.32 Å². The van der Waals surface area contributed by atoms with Gasteiger partial charge in [0.25, 0.3) is 0 Å². The van der Waals surface area contributed by atoms with Gasteiger partial charge in [0.2, 0.25) is 0 Å². The second kappa shape index (κ2) is 4.05. The molecule has 1 nitrogen and oxygen atoms in total. The molecule has 1 aromatic carbocycles. The first-order valence-corrected chi connectivity index (χ1v) is 5.93. The summed E-state index contributed by atoms with van der Waals surface area (Å²) >= 11 is 8.18. The highest BCUT2D eigenvalue weighted by Crippen LogP contribution is 2.27. The molecule has 0 aliphatic heterocycles. The maximum absolute atomic E-state index is 5.87. The smallest absolute Gasteiger partial charge is 0.0479 e. The average molecular weight is 308 g/mol. The summed E-state index contributed by atoms with van der Waals surface area (Å²) in [6, 6.07) is 6.67. The first kappa shape index (κ1) is 9.59. The van der Waals surface area contributed by atoms with Crippen LogP contribution in [0.1, 0.15) is 19.3 Å². The highest BCUT2D eigenvalue weighted by atomic mass is 127. The van der Waals surface area contributed by atoms with Crippen molar-refractivity contribution in [3.63, 3.8) is 0 Å². The summed E-state index contributed by atoms with van der Waals surface area (Å²) in [5.74, 6) is 0. The minimum absolute atomic E-state index is 0.690. The second-order valence-corrected chi connectivity index (χ2v) is 4.99. The van der Waals surface area contributed by atoms with Crippen LogP contribution in [0.4, 0.5) is 5.69 Å². The molecule has 0 unspecified atom stereocenters. The van der Waals surface area contributed by atoms with Gasteiger partial charge in [0.05, 0.1) is 0 Å². The van der Waals surface area contributed by atoms with Crippen molar-refractivity contribution < 1.29 is 0 Å². The maximum Gasteiger partial charge on any atom is 0.0479 e. The SMILES string of the molecule is Clc1ccc(NC2CCC2)c(I)c1. The lowest BCUT2D eigenvalue weighted by Gasteiger charge is -2.28. The molecular formula is C10H11ClIN. The summed E-state index contributed by atoms with van der Waals surface area (Å²) in [6.07, 6.45) is 3.97. The third kappa shape index (κ3) is 2.29. The van der Waals surface area contributed by atoms with Gasteiger partial charge >= 0.3 is 0 Å². The van der Waals surface area contributed by atoms with Gasteiger partial charge in [0, 0.05) is 20.3 Å². The molecule has 0 saturated heterocycles. The zero-order chi connectivity index (χ0) is 9.26. The number of halogens is 2. The monoisotopic (exact) mass is 307 g/mol. The number of hydrogen-bond acceptors (Lipinski definition) is 1. The topological polar surface area (TPSA) is 12.0 Å². The number of rotatable bonds is 2. The molecule has 0 heterocycles. The van der Waals surface area contributed by atoms with Crippen molar-refractivity contribution >= 4 is 39.9 Å². The number of nitrogens with one attached hydrogen (secondary N) is 1. The molecule has 0 bridgehead atoms. The molecule has 2 rings (SSSR count). The molecule has 0 spiro atoms. The average Bonchev–Trinajstić information content (AvgIpc) is 1.99. The minimum atomic E-state index is 0.690. The molecule has 0 atom stereocenters. The first-order valence-electron chi connectivity index (χ1n) is 4.47. The van der Waals surface area contributed by atoms with Crippen LogP contribution >= 0.6 is 34.2 Å². The van der Waals surface area contributed by atoms with Crippen molar-refractivity contribution in [2.24, 2.45) is 0 Å². The summed E-state index contributed by atoms with van der Waals surface area (Å²) in [5, 5.41) is 4.32. The third-order valence-electron chi connectivity index (χ3n) is 2.40. The van der Waals surface area contributed by atoms with Gasteiger partial charge in [-0.2, -0.15) is 0 Å². The Morgan fingerprint density at radius 1 is 1.38 bits per heavy atom. The van der Waals surface area contributed by atoms with Crippen LogP contribution in [-0.4, -0.2) is 6.04 Å². The molecule has 1 aromatic rings. The van der Waals surface area contributed by atoms with Gasteiger partial charge in [-0.1, -0.05) is 11.6 Å². The van der Waals surface area contributed by atoms with Crippen molar-refractivity contribution in [1.82, 2.24) is 0 Å². The Morgan fingerprint density at radius 3 is 2.69 bits per heavy atom. The molecule has 1 saturated carbocycles. The molecule has 13 heavy (non-hydrogen) atoms. The number of benzene rings is 1. The van der Waals surface area contributed by atoms with Gasteiger partial charge in [-0.3, -0.25) is 0 Å². The van der Waals surface area contributed by atoms with E-state index >= 15 is 0 Å². The Kier molecular flexibility index (Phi) is 2.99. The van der Waals surface area contributed by atoms with E-state index in [0.717, 1.165) is 5.02 Å². The zero-order valence-corrected chi connectivity index (χ0v) is 10.1. The van der Waals surface area contributed by atoms with Crippen LogP contribution in [0.15, 0.2) is 18.2 Å². The first-order chi connectivity index (χ1) is 6.25. The summed E-state index contributed by atoms with van der Waals surface area (Å²) in [6.45, 7) is 0. The van der Waals surface area contributed by atoms with E-state index in [4.69, 9.17) is 11.6 Å². The maximum atomic E-state index is 5.87. The molecule has 1 aliphatic carbocycles. The Morgan fingerprint density at radius 2 is 2.15 bits per heavy atom. The van der Waals surface area contributed by atoms with Crippen LogP contribution in [-0.2, 0) is 0 Å². The predicted molar refractivity (Wildman–Crippen MR) is 65.4 cm³/mol. The van der Waals surface area contributed by atoms with E-state index in [-0.39, 0.29) is 0 Å². The summed E-state index contributed by atoms with van der Waals surface area (Å²) in [4.78, 5) is 0. The predicted octanol–water partition coefficient (Wildman–Crippen LogP) is 3.91. The van der Waals surface area contributed by atoms with Gasteiger partial charge in [0.1, 0.15) is 0 Å². The van der Waals surface area contributed by atoms with E-state index in [1.54, 1.807) is 0 Å². The van der Waals surface area contributed by atoms with Crippen molar-refractivity contribution in [3.8, 4) is 0 Å². The normalized spacial score (nSPS) is 16.8. The molecule has 0 aromatic heterocycles. The van der Waals surface area contributed by atoms with Crippen LogP contribution in [0.3, 0.4) is 0 Å². The highest BCUT2D eigenvalue weighted by Gasteiger charge is 2.17. The van der Waals surface area contributed by atoms with E-state index < -0.39 is 0 Å². The van der Waals surface area contributed by atoms with Gasteiger partial charge in [0.15, 0.2) is 0 Å². The largest absolute Gasteiger partial charge is 0.381 e. The fourth-order valence-corrected chi connectivity index (χ4v) is 2.41. The van der Waals surface area contributed by atoms with Gasteiger partial charge in [-0.15, -0.1) is 0 Å². The highest BCUT2D eigenvalue weighted by molar-refractivity contribution is 14.1. The molecule has 1 N–H and O–H groups in total. The fourth-order valence-electron chi connectivity index (χ4n) is 1.38. The van der Waals surface area contributed by atoms with Crippen LogP contribution in [0, 0.1) is 3.57 Å². The minimum Gasteiger partial charge on any atom is -0.381 e. The van der Waals surface area contributed by atoms with Crippen LogP contribution in [0.25, 0.3) is 0 Å². The van der Waals surface area contributed by atoms with Gasteiger partial charge < -0.3 is 5.32 Å². The number of anilines is 1. The van der Waals surface area contributed by atoms with Crippen molar-refractivity contribution in [3.05, 3.63) is 26.8 Å². The Hall–Kier alpha value is 0.0400. The molecule has 1 fully saturated rings. The Labute approximate surface area is 97.0 Å². The molecule has 70 valence electrons.